The smallest absolute Gasteiger partial charge is 0.299 e. The van der Waals surface area contributed by atoms with Crippen LogP contribution in [0.2, 0.25) is 0 Å². The molecule has 1 aromatic rings. The Morgan fingerprint density at radius 3 is 2.35 bits per heavy atom. The van der Waals surface area contributed by atoms with Crippen LogP contribution in [0.1, 0.15) is 0 Å². The first kappa shape index (κ1) is 12.8. The molecule has 0 aromatic heterocycles. The Balaban J connectivity index is 3.04. The van der Waals surface area contributed by atoms with Gasteiger partial charge < -0.3 is 15.5 Å². The first-order chi connectivity index (χ1) is 7.91. The quantitative estimate of drug-likeness (QED) is 0.382. The number of aliphatic hydroxyl groups is 2. The molecular formula is C8H9N3O6. The topological polar surface area (TPSA) is 139 Å². The van der Waals surface area contributed by atoms with Crippen LogP contribution in [0.15, 0.2) is 18.2 Å². The van der Waals surface area contributed by atoms with E-state index in [1.807, 2.05) is 0 Å². The van der Waals surface area contributed by atoms with Crippen molar-refractivity contribution in [2.45, 2.75) is 6.29 Å². The lowest BCUT2D eigenvalue weighted by Gasteiger charge is -2.07. The SMILES string of the molecule is O=[N+]([O-])c1ccc(NCC(O)O)c([N+](=O)[O-])c1. The lowest BCUT2D eigenvalue weighted by atomic mass is 10.2. The zero-order valence-corrected chi connectivity index (χ0v) is 8.44. The van der Waals surface area contributed by atoms with Crippen LogP contribution >= 0.6 is 0 Å². The monoisotopic (exact) mass is 243 g/mol. The zero-order chi connectivity index (χ0) is 13.0. The third kappa shape index (κ3) is 3.36. The molecule has 1 aromatic carbocycles. The number of hydrogen-bond donors (Lipinski definition) is 3. The van der Waals surface area contributed by atoms with Crippen LogP contribution in [0.5, 0.6) is 0 Å². The first-order valence-electron chi connectivity index (χ1n) is 4.44. The van der Waals surface area contributed by atoms with E-state index in [0.717, 1.165) is 18.2 Å². The van der Waals surface area contributed by atoms with Crippen molar-refractivity contribution in [1.82, 2.24) is 0 Å². The summed E-state index contributed by atoms with van der Waals surface area (Å²) >= 11 is 0. The van der Waals surface area contributed by atoms with Crippen molar-refractivity contribution in [1.29, 1.82) is 0 Å². The van der Waals surface area contributed by atoms with Gasteiger partial charge in [-0.05, 0) is 6.07 Å². The van der Waals surface area contributed by atoms with Gasteiger partial charge in [-0.1, -0.05) is 0 Å². The minimum Gasteiger partial charge on any atom is -0.374 e. The van der Waals surface area contributed by atoms with E-state index < -0.39 is 27.5 Å². The van der Waals surface area contributed by atoms with Gasteiger partial charge in [-0.15, -0.1) is 0 Å². The minimum atomic E-state index is -1.68. The molecule has 0 bridgehead atoms. The molecule has 0 saturated heterocycles. The number of hydrogen-bond acceptors (Lipinski definition) is 7. The van der Waals surface area contributed by atoms with Gasteiger partial charge in [-0.25, -0.2) is 0 Å². The lowest BCUT2D eigenvalue weighted by Crippen LogP contribution is -2.18. The number of non-ortho nitro benzene ring substituents is 1. The molecule has 0 amide bonds. The number of nitrogens with one attached hydrogen (secondary N) is 1. The van der Waals surface area contributed by atoms with Crippen LogP contribution in [0.3, 0.4) is 0 Å². The second-order valence-electron chi connectivity index (χ2n) is 3.08. The van der Waals surface area contributed by atoms with Crippen LogP contribution in [0.4, 0.5) is 17.1 Å². The van der Waals surface area contributed by atoms with Gasteiger partial charge in [-0.3, -0.25) is 20.2 Å². The van der Waals surface area contributed by atoms with Gasteiger partial charge in [0.1, 0.15) is 5.69 Å². The van der Waals surface area contributed by atoms with E-state index in [2.05, 4.69) is 5.32 Å². The average Bonchev–Trinajstić information content (AvgIpc) is 2.25. The minimum absolute atomic E-state index is 0.0197. The Kier molecular flexibility index (Phi) is 3.91. The maximum Gasteiger partial charge on any atom is 0.299 e. The number of rotatable bonds is 5. The van der Waals surface area contributed by atoms with Gasteiger partial charge in [0.25, 0.3) is 11.4 Å². The molecule has 0 aliphatic rings. The van der Waals surface area contributed by atoms with Crippen molar-refractivity contribution in [3.8, 4) is 0 Å². The van der Waals surface area contributed by atoms with Crippen molar-refractivity contribution in [3.63, 3.8) is 0 Å². The van der Waals surface area contributed by atoms with Gasteiger partial charge in [-0.2, -0.15) is 0 Å². The molecule has 0 atom stereocenters. The summed E-state index contributed by atoms with van der Waals surface area (Å²) in [7, 11) is 0. The van der Waals surface area contributed by atoms with Crippen molar-refractivity contribution >= 4 is 17.1 Å². The van der Waals surface area contributed by atoms with Crippen molar-refractivity contribution in [2.24, 2.45) is 0 Å². The Labute approximate surface area is 94.6 Å². The summed E-state index contributed by atoms with van der Waals surface area (Å²) in [5.41, 5.74) is -0.930. The summed E-state index contributed by atoms with van der Waals surface area (Å²) in [6.45, 7) is -0.321. The molecule has 0 radical (unpaired) electrons. The number of nitro benzene ring substituents is 2. The van der Waals surface area contributed by atoms with E-state index in [-0.39, 0.29) is 12.2 Å². The molecule has 0 fully saturated rings. The fourth-order valence-electron chi connectivity index (χ4n) is 1.14. The number of nitro groups is 2. The molecule has 9 heteroatoms. The molecule has 0 aliphatic carbocycles. The largest absolute Gasteiger partial charge is 0.374 e. The molecule has 0 spiro atoms. The highest BCUT2D eigenvalue weighted by Gasteiger charge is 2.19. The van der Waals surface area contributed by atoms with Crippen LogP contribution in [-0.4, -0.2) is 32.9 Å². The molecule has 0 heterocycles. The predicted molar refractivity (Wildman–Crippen MR) is 56.5 cm³/mol. The average molecular weight is 243 g/mol. The van der Waals surface area contributed by atoms with Crippen LogP contribution in [-0.2, 0) is 0 Å². The predicted octanol–water partition coefficient (Wildman–Crippen LogP) is 0.226. The van der Waals surface area contributed by atoms with E-state index in [9.17, 15) is 20.2 Å². The van der Waals surface area contributed by atoms with Gasteiger partial charge in [0, 0.05) is 6.07 Å². The summed E-state index contributed by atoms with van der Waals surface area (Å²) < 4.78 is 0. The molecule has 17 heavy (non-hydrogen) atoms. The molecule has 0 aliphatic heterocycles. The van der Waals surface area contributed by atoms with Gasteiger partial charge in [0.2, 0.25) is 0 Å². The summed E-state index contributed by atoms with van der Waals surface area (Å²) in [5.74, 6) is 0. The molecular weight excluding hydrogens is 234 g/mol. The Morgan fingerprint density at radius 2 is 1.88 bits per heavy atom. The van der Waals surface area contributed by atoms with Crippen molar-refractivity contribution in [2.75, 3.05) is 11.9 Å². The van der Waals surface area contributed by atoms with E-state index >= 15 is 0 Å². The fourth-order valence-corrected chi connectivity index (χ4v) is 1.14. The number of aliphatic hydroxyl groups excluding tert-OH is 1. The molecule has 92 valence electrons. The van der Waals surface area contributed by atoms with E-state index in [1.165, 1.54) is 0 Å². The number of benzene rings is 1. The maximum absolute atomic E-state index is 10.7. The fraction of sp³-hybridized carbons (Fsp3) is 0.250. The molecule has 3 N–H and O–H groups in total. The molecule has 0 saturated carbocycles. The van der Waals surface area contributed by atoms with E-state index in [1.54, 1.807) is 0 Å². The summed E-state index contributed by atoms with van der Waals surface area (Å²) in [6.07, 6.45) is -1.68. The Morgan fingerprint density at radius 1 is 1.24 bits per heavy atom. The standard InChI is InChI=1S/C8H9N3O6/c12-8(13)4-9-6-2-1-5(10(14)15)3-7(6)11(16)17/h1-3,8-9,12-13H,4H2. The highest BCUT2D eigenvalue weighted by Crippen LogP contribution is 2.28. The van der Waals surface area contributed by atoms with Gasteiger partial charge in [0.15, 0.2) is 6.29 Å². The normalized spacial score (nSPS) is 10.3. The lowest BCUT2D eigenvalue weighted by molar-refractivity contribution is -0.393. The molecule has 1 rings (SSSR count). The zero-order valence-electron chi connectivity index (χ0n) is 8.44. The molecule has 9 nitrogen and oxygen atoms in total. The van der Waals surface area contributed by atoms with Crippen LogP contribution in [0.25, 0.3) is 0 Å². The van der Waals surface area contributed by atoms with Gasteiger partial charge in [0.05, 0.1) is 22.5 Å². The van der Waals surface area contributed by atoms with Crippen molar-refractivity contribution < 1.29 is 20.1 Å². The highest BCUT2D eigenvalue weighted by atomic mass is 16.6. The van der Waals surface area contributed by atoms with Crippen LogP contribution in [0, 0.1) is 20.2 Å². The van der Waals surface area contributed by atoms with Gasteiger partial charge >= 0.3 is 0 Å². The Bertz CT molecular complexity index is 447. The second kappa shape index (κ2) is 5.18. The maximum atomic E-state index is 10.7. The summed E-state index contributed by atoms with van der Waals surface area (Å²) in [6, 6.07) is 3.02. The van der Waals surface area contributed by atoms with Crippen LogP contribution < -0.4 is 5.32 Å². The second-order valence-corrected chi connectivity index (χ2v) is 3.08. The summed E-state index contributed by atoms with van der Waals surface area (Å²) in [5, 5.41) is 40.7. The molecule has 0 unspecified atom stereocenters. The number of anilines is 1. The number of nitrogens with zero attached hydrogens (tertiary/aromatic N) is 2. The third-order valence-electron chi connectivity index (χ3n) is 1.86. The van der Waals surface area contributed by atoms with Crippen molar-refractivity contribution in [3.05, 3.63) is 38.4 Å². The first-order valence-corrected chi connectivity index (χ1v) is 4.44. The third-order valence-corrected chi connectivity index (χ3v) is 1.86. The highest BCUT2D eigenvalue weighted by molar-refractivity contribution is 5.65. The summed E-state index contributed by atoms with van der Waals surface area (Å²) in [4.78, 5) is 19.6. The Hall–Kier alpha value is -2.26. The van der Waals surface area contributed by atoms with E-state index in [4.69, 9.17) is 10.2 Å². The van der Waals surface area contributed by atoms with E-state index in [0.29, 0.717) is 0 Å².